The zero-order chi connectivity index (χ0) is 21.1. The van der Waals surface area contributed by atoms with E-state index in [1.54, 1.807) is 12.1 Å². The molecule has 1 aliphatic heterocycles. The van der Waals surface area contributed by atoms with E-state index in [0.29, 0.717) is 10.3 Å². The van der Waals surface area contributed by atoms with Crippen LogP contribution in [-0.4, -0.2) is 58.1 Å². The molecule has 1 saturated heterocycles. The summed E-state index contributed by atoms with van der Waals surface area (Å²) in [6, 6.07) is 5.89. The summed E-state index contributed by atoms with van der Waals surface area (Å²) in [5.41, 5.74) is 0.926. The number of fused-ring (bicyclic) bond motifs is 1. The van der Waals surface area contributed by atoms with Gasteiger partial charge in [-0.25, -0.2) is 9.37 Å². The van der Waals surface area contributed by atoms with Gasteiger partial charge in [0.25, 0.3) is 5.56 Å². The van der Waals surface area contributed by atoms with Crippen LogP contribution in [0.5, 0.6) is 0 Å². The normalized spacial score (nSPS) is 14.9. The van der Waals surface area contributed by atoms with Crippen molar-refractivity contribution in [2.24, 2.45) is 0 Å². The number of hydrogen-bond acceptors (Lipinski definition) is 7. The first kappa shape index (κ1) is 20.4. The van der Waals surface area contributed by atoms with Crippen LogP contribution in [0.25, 0.3) is 10.3 Å². The van der Waals surface area contributed by atoms with Crippen molar-refractivity contribution in [3.05, 3.63) is 52.3 Å². The molecule has 1 aromatic carbocycles. The molecular formula is C20H23FN6O2S. The summed E-state index contributed by atoms with van der Waals surface area (Å²) in [7, 11) is 0. The molecule has 4 rings (SSSR count). The Labute approximate surface area is 177 Å². The van der Waals surface area contributed by atoms with Crippen molar-refractivity contribution < 1.29 is 9.18 Å². The quantitative estimate of drug-likeness (QED) is 0.637. The van der Waals surface area contributed by atoms with E-state index in [1.807, 2.05) is 0 Å². The molecular weight excluding hydrogens is 407 g/mol. The minimum Gasteiger partial charge on any atom is -0.350 e. The lowest BCUT2D eigenvalue weighted by molar-refractivity contribution is -0.121. The van der Waals surface area contributed by atoms with Crippen LogP contribution in [0.2, 0.25) is 0 Å². The minimum absolute atomic E-state index is 0.134. The van der Waals surface area contributed by atoms with Crippen LogP contribution in [0.1, 0.15) is 12.5 Å². The predicted octanol–water partition coefficient (Wildman–Crippen LogP) is 1.45. The average molecular weight is 431 g/mol. The van der Waals surface area contributed by atoms with Crippen LogP contribution in [-0.2, 0) is 17.9 Å². The van der Waals surface area contributed by atoms with Crippen LogP contribution < -0.4 is 15.8 Å². The number of nitrogens with one attached hydrogen (secondary N) is 1. The van der Waals surface area contributed by atoms with Gasteiger partial charge in [0.2, 0.25) is 5.91 Å². The summed E-state index contributed by atoms with van der Waals surface area (Å²) in [5, 5.41) is 3.53. The largest absolute Gasteiger partial charge is 0.350 e. The topological polar surface area (TPSA) is 83.4 Å². The van der Waals surface area contributed by atoms with Gasteiger partial charge < -0.3 is 15.1 Å². The van der Waals surface area contributed by atoms with E-state index >= 15 is 0 Å². The highest BCUT2D eigenvalue weighted by Gasteiger charge is 2.20. The molecule has 2 aromatic heterocycles. The Morgan fingerprint density at radius 2 is 1.93 bits per heavy atom. The van der Waals surface area contributed by atoms with Gasteiger partial charge >= 0.3 is 0 Å². The lowest BCUT2D eigenvalue weighted by atomic mass is 10.2. The second-order valence-corrected chi connectivity index (χ2v) is 8.13. The third-order valence-corrected chi connectivity index (χ3v) is 6.27. The molecule has 0 spiro atoms. The monoisotopic (exact) mass is 430 g/mol. The second-order valence-electron chi connectivity index (χ2n) is 7.15. The Kier molecular flexibility index (Phi) is 6.05. The third kappa shape index (κ3) is 4.49. The fourth-order valence-corrected chi connectivity index (χ4v) is 4.37. The molecule has 0 atom stereocenters. The lowest BCUT2D eigenvalue weighted by Crippen LogP contribution is -2.46. The number of piperazine rings is 1. The van der Waals surface area contributed by atoms with E-state index in [0.717, 1.165) is 43.4 Å². The first-order valence-electron chi connectivity index (χ1n) is 9.88. The van der Waals surface area contributed by atoms with Crippen molar-refractivity contribution in [1.29, 1.82) is 0 Å². The molecule has 0 radical (unpaired) electrons. The Morgan fingerprint density at radius 3 is 2.63 bits per heavy atom. The van der Waals surface area contributed by atoms with Crippen molar-refractivity contribution in [2.75, 3.05) is 37.6 Å². The maximum Gasteiger partial charge on any atom is 0.273 e. The standard InChI is InChI=1S/C20H23FN6O2S/c1-2-25-7-9-26(10-8-25)20-24-18-17(30-20)19(29)27(13-23-18)12-16(28)22-11-14-3-5-15(21)6-4-14/h3-6,13H,2,7-12H2,1H3,(H,22,28). The summed E-state index contributed by atoms with van der Waals surface area (Å²) < 4.78 is 14.7. The number of carbonyl (C=O) groups excluding carboxylic acids is 1. The van der Waals surface area contributed by atoms with Crippen LogP contribution in [0.4, 0.5) is 9.52 Å². The number of rotatable bonds is 6. The fourth-order valence-electron chi connectivity index (χ4n) is 3.35. The van der Waals surface area contributed by atoms with Gasteiger partial charge in [0, 0.05) is 32.7 Å². The van der Waals surface area contributed by atoms with Gasteiger partial charge in [0.15, 0.2) is 10.8 Å². The summed E-state index contributed by atoms with van der Waals surface area (Å²) in [6.07, 6.45) is 1.36. The summed E-state index contributed by atoms with van der Waals surface area (Å²) >= 11 is 1.33. The van der Waals surface area contributed by atoms with Gasteiger partial charge in [-0.05, 0) is 24.2 Å². The average Bonchev–Trinajstić information content (AvgIpc) is 3.21. The van der Waals surface area contributed by atoms with Crippen molar-refractivity contribution in [1.82, 2.24) is 24.8 Å². The van der Waals surface area contributed by atoms with Gasteiger partial charge in [-0.2, -0.15) is 4.98 Å². The molecule has 0 bridgehead atoms. The molecule has 3 aromatic rings. The molecule has 158 valence electrons. The first-order valence-corrected chi connectivity index (χ1v) is 10.7. The van der Waals surface area contributed by atoms with Crippen molar-refractivity contribution in [3.8, 4) is 0 Å². The van der Waals surface area contributed by atoms with Gasteiger partial charge in [-0.15, -0.1) is 0 Å². The molecule has 3 heterocycles. The predicted molar refractivity (Wildman–Crippen MR) is 114 cm³/mol. The molecule has 1 amide bonds. The van der Waals surface area contributed by atoms with Crippen molar-refractivity contribution >= 4 is 32.7 Å². The molecule has 8 nitrogen and oxygen atoms in total. The summed E-state index contributed by atoms with van der Waals surface area (Å²) in [5.74, 6) is -0.643. The maximum absolute atomic E-state index is 13.0. The third-order valence-electron chi connectivity index (χ3n) is 5.18. The number of carbonyl (C=O) groups is 1. The molecule has 0 saturated carbocycles. The van der Waals surface area contributed by atoms with E-state index in [9.17, 15) is 14.0 Å². The number of aromatic nitrogens is 3. The van der Waals surface area contributed by atoms with E-state index in [4.69, 9.17) is 0 Å². The maximum atomic E-state index is 13.0. The second kappa shape index (κ2) is 8.88. The number of anilines is 1. The Hall–Kier alpha value is -2.85. The van der Waals surface area contributed by atoms with Crippen LogP contribution in [0.15, 0.2) is 35.4 Å². The molecule has 0 unspecified atom stereocenters. The first-order chi connectivity index (χ1) is 14.5. The highest BCUT2D eigenvalue weighted by Crippen LogP contribution is 2.26. The molecule has 1 N–H and O–H groups in total. The van der Waals surface area contributed by atoms with E-state index < -0.39 is 0 Å². The molecule has 30 heavy (non-hydrogen) atoms. The minimum atomic E-state index is -0.327. The summed E-state index contributed by atoms with van der Waals surface area (Å²) in [4.78, 5) is 38.4. The number of likely N-dealkylation sites (N-methyl/N-ethyl adjacent to an activating group) is 1. The summed E-state index contributed by atoms with van der Waals surface area (Å²) in [6.45, 7) is 6.99. The molecule has 0 aliphatic carbocycles. The van der Waals surface area contributed by atoms with Gasteiger partial charge in [0.1, 0.15) is 23.4 Å². The van der Waals surface area contributed by atoms with Crippen molar-refractivity contribution in [3.63, 3.8) is 0 Å². The van der Waals surface area contributed by atoms with E-state index in [2.05, 4.69) is 32.0 Å². The van der Waals surface area contributed by atoms with E-state index in [-0.39, 0.29) is 30.4 Å². The number of thiazole rings is 1. The Morgan fingerprint density at radius 1 is 1.20 bits per heavy atom. The smallest absolute Gasteiger partial charge is 0.273 e. The zero-order valence-electron chi connectivity index (χ0n) is 16.7. The Balaban J connectivity index is 1.43. The fraction of sp³-hybridized carbons (Fsp3) is 0.400. The van der Waals surface area contributed by atoms with Gasteiger partial charge in [-0.1, -0.05) is 30.4 Å². The number of hydrogen-bond donors (Lipinski definition) is 1. The number of benzene rings is 1. The van der Waals surface area contributed by atoms with Crippen LogP contribution >= 0.6 is 11.3 Å². The SMILES string of the molecule is CCN1CCN(c2nc3ncn(CC(=O)NCc4ccc(F)cc4)c(=O)c3s2)CC1. The molecule has 10 heteroatoms. The molecule has 1 fully saturated rings. The zero-order valence-corrected chi connectivity index (χ0v) is 17.5. The van der Waals surface area contributed by atoms with Crippen LogP contribution in [0.3, 0.4) is 0 Å². The highest BCUT2D eigenvalue weighted by molar-refractivity contribution is 7.22. The molecule has 1 aliphatic rings. The van der Waals surface area contributed by atoms with Gasteiger partial charge in [0.05, 0.1) is 0 Å². The van der Waals surface area contributed by atoms with Gasteiger partial charge in [-0.3, -0.25) is 14.2 Å². The Bertz CT molecular complexity index is 1090. The highest BCUT2D eigenvalue weighted by atomic mass is 32.1. The van der Waals surface area contributed by atoms with E-state index in [1.165, 1.54) is 34.4 Å². The van der Waals surface area contributed by atoms with Crippen molar-refractivity contribution in [2.45, 2.75) is 20.0 Å². The number of halogens is 1. The number of nitrogens with zero attached hydrogens (tertiary/aromatic N) is 5. The van der Waals surface area contributed by atoms with Crippen LogP contribution in [0, 0.1) is 5.82 Å². The lowest BCUT2D eigenvalue weighted by Gasteiger charge is -2.33. The number of amides is 1.